The van der Waals surface area contributed by atoms with Gasteiger partial charge in [0.05, 0.1) is 5.25 Å². The van der Waals surface area contributed by atoms with E-state index in [1.807, 2.05) is 31.2 Å². The Morgan fingerprint density at radius 2 is 1.93 bits per heavy atom. The highest BCUT2D eigenvalue weighted by Crippen LogP contribution is 2.42. The molecule has 1 saturated heterocycles. The van der Waals surface area contributed by atoms with E-state index in [-0.39, 0.29) is 16.5 Å². The minimum absolute atomic E-state index is 0.181. The third-order valence-electron chi connectivity index (χ3n) is 4.28. The molecule has 27 heavy (non-hydrogen) atoms. The Morgan fingerprint density at radius 3 is 2.52 bits per heavy atom. The predicted molar refractivity (Wildman–Crippen MR) is 102 cm³/mol. The summed E-state index contributed by atoms with van der Waals surface area (Å²) in [5.74, 6) is -1.63. The lowest BCUT2D eigenvalue weighted by atomic mass is 10.0. The second-order valence-electron chi connectivity index (χ2n) is 6.04. The first-order valence-corrected chi connectivity index (χ1v) is 9.05. The number of hydrogen-bond donors (Lipinski definition) is 1. The van der Waals surface area contributed by atoms with Gasteiger partial charge in [0, 0.05) is 5.69 Å². The van der Waals surface area contributed by atoms with E-state index < -0.39 is 17.0 Å². The summed E-state index contributed by atoms with van der Waals surface area (Å²) in [6.07, 6.45) is 0.439. The van der Waals surface area contributed by atoms with Crippen LogP contribution in [0.5, 0.6) is 0 Å². The molecular weight excluding hydrogens is 365 g/mol. The first kappa shape index (κ1) is 18.7. The van der Waals surface area contributed by atoms with Crippen molar-refractivity contribution in [1.82, 2.24) is 0 Å². The number of hydrogen-bond acceptors (Lipinski definition) is 4. The van der Waals surface area contributed by atoms with Gasteiger partial charge in [0.25, 0.3) is 5.91 Å². The Labute approximate surface area is 160 Å². The van der Waals surface area contributed by atoms with Gasteiger partial charge in [0.1, 0.15) is 22.5 Å². The summed E-state index contributed by atoms with van der Waals surface area (Å²) < 4.78 is 13.3. The molecule has 1 aliphatic heterocycles. The Balaban J connectivity index is 2.05. The van der Waals surface area contributed by atoms with Crippen LogP contribution in [0, 0.1) is 24.1 Å². The van der Waals surface area contributed by atoms with Crippen molar-refractivity contribution in [3.05, 3.63) is 76.1 Å². The molecule has 1 atom stereocenters. The number of nitrogens with two attached hydrogens (primary N) is 1. The van der Waals surface area contributed by atoms with Crippen molar-refractivity contribution in [3.8, 4) is 6.07 Å². The molecule has 2 aromatic rings. The number of nitriles is 1. The lowest BCUT2D eigenvalue weighted by molar-refractivity contribution is -0.117. The number of carbonyl (C=O) groups is 2. The predicted octanol–water partition coefficient (Wildman–Crippen LogP) is 3.05. The first-order chi connectivity index (χ1) is 12.9. The zero-order valence-electron chi connectivity index (χ0n) is 14.5. The summed E-state index contributed by atoms with van der Waals surface area (Å²) in [5, 5.41) is 9.01. The SMILES string of the molecule is Cc1ccccc1C[C@@H]1S/C(=C(/C#N)C(N)=O)N(c2ccc(F)cc2)C1=O. The lowest BCUT2D eigenvalue weighted by Crippen LogP contribution is -2.31. The van der Waals surface area contributed by atoms with Crippen LogP contribution in [-0.2, 0) is 16.0 Å². The van der Waals surface area contributed by atoms with Crippen LogP contribution in [0.25, 0.3) is 0 Å². The number of nitrogens with zero attached hydrogens (tertiary/aromatic N) is 2. The van der Waals surface area contributed by atoms with Crippen LogP contribution >= 0.6 is 11.8 Å². The summed E-state index contributed by atoms with van der Waals surface area (Å²) in [7, 11) is 0. The number of rotatable bonds is 4. The number of halogens is 1. The monoisotopic (exact) mass is 381 g/mol. The van der Waals surface area contributed by atoms with Gasteiger partial charge in [-0.1, -0.05) is 36.0 Å². The number of carbonyl (C=O) groups excluding carboxylic acids is 2. The normalized spacial score (nSPS) is 18.3. The van der Waals surface area contributed by atoms with E-state index >= 15 is 0 Å². The molecule has 0 radical (unpaired) electrons. The molecule has 1 fully saturated rings. The van der Waals surface area contributed by atoms with Gasteiger partial charge >= 0.3 is 0 Å². The van der Waals surface area contributed by atoms with Gasteiger partial charge in [-0.15, -0.1) is 0 Å². The molecule has 3 rings (SSSR count). The quantitative estimate of drug-likeness (QED) is 0.651. The minimum atomic E-state index is -0.906. The third-order valence-corrected chi connectivity index (χ3v) is 5.54. The molecule has 0 spiro atoms. The maximum Gasteiger partial charge on any atom is 0.262 e. The van der Waals surface area contributed by atoms with Crippen molar-refractivity contribution in [2.24, 2.45) is 5.73 Å². The third kappa shape index (κ3) is 3.71. The molecule has 1 heterocycles. The van der Waals surface area contributed by atoms with E-state index in [2.05, 4.69) is 0 Å². The van der Waals surface area contributed by atoms with Gasteiger partial charge in [-0.2, -0.15) is 5.26 Å². The van der Waals surface area contributed by atoms with Gasteiger partial charge in [0.2, 0.25) is 5.91 Å². The molecule has 2 aromatic carbocycles. The van der Waals surface area contributed by atoms with Crippen LogP contribution in [0.1, 0.15) is 11.1 Å². The summed E-state index contributed by atoms with van der Waals surface area (Å²) in [4.78, 5) is 26.1. The molecule has 0 saturated carbocycles. The average Bonchev–Trinajstić information content (AvgIpc) is 2.94. The van der Waals surface area contributed by atoms with Gasteiger partial charge in [-0.3, -0.25) is 14.5 Å². The topological polar surface area (TPSA) is 87.2 Å². The van der Waals surface area contributed by atoms with Crippen LogP contribution in [0.3, 0.4) is 0 Å². The molecule has 7 heteroatoms. The molecule has 136 valence electrons. The van der Waals surface area contributed by atoms with E-state index in [1.54, 1.807) is 6.07 Å². The standard InChI is InChI=1S/C20H16FN3O2S/c1-12-4-2-3-5-13(12)10-17-19(26)24(15-8-6-14(21)7-9-15)20(27-17)16(11-22)18(23)25/h2-9,17H,10H2,1H3,(H2,23,25)/b20-16-/t17-/m0/s1. The first-order valence-electron chi connectivity index (χ1n) is 8.17. The molecule has 0 aliphatic carbocycles. The molecule has 2 amide bonds. The van der Waals surface area contributed by atoms with Crippen molar-refractivity contribution < 1.29 is 14.0 Å². The fourth-order valence-corrected chi connectivity index (χ4v) is 4.17. The fraction of sp³-hybridized carbons (Fsp3) is 0.150. The Hall–Kier alpha value is -3.11. The summed E-state index contributed by atoms with van der Waals surface area (Å²) in [6, 6.07) is 14.8. The van der Waals surface area contributed by atoms with Gasteiger partial charge in [-0.25, -0.2) is 4.39 Å². The van der Waals surface area contributed by atoms with E-state index in [0.717, 1.165) is 22.9 Å². The number of primary amides is 1. The maximum absolute atomic E-state index is 13.3. The number of amides is 2. The Bertz CT molecular complexity index is 979. The minimum Gasteiger partial charge on any atom is -0.365 e. The lowest BCUT2D eigenvalue weighted by Gasteiger charge is -2.18. The molecule has 0 bridgehead atoms. The highest BCUT2D eigenvalue weighted by molar-refractivity contribution is 8.05. The summed E-state index contributed by atoms with van der Waals surface area (Å²) >= 11 is 1.13. The van der Waals surface area contributed by atoms with Crippen molar-refractivity contribution in [3.63, 3.8) is 0 Å². The van der Waals surface area contributed by atoms with Gasteiger partial charge in [0.15, 0.2) is 0 Å². The van der Waals surface area contributed by atoms with Crippen LogP contribution in [0.15, 0.2) is 59.1 Å². The smallest absolute Gasteiger partial charge is 0.262 e. The molecule has 2 N–H and O–H groups in total. The van der Waals surface area contributed by atoms with E-state index in [9.17, 15) is 19.2 Å². The van der Waals surface area contributed by atoms with Gasteiger partial charge < -0.3 is 5.73 Å². The van der Waals surface area contributed by atoms with Crippen LogP contribution in [-0.4, -0.2) is 17.1 Å². The number of anilines is 1. The molecule has 0 unspecified atom stereocenters. The van der Waals surface area contributed by atoms with Gasteiger partial charge in [-0.05, 0) is 48.7 Å². The number of aryl methyl sites for hydroxylation is 1. The van der Waals surface area contributed by atoms with Crippen LogP contribution in [0.2, 0.25) is 0 Å². The fourth-order valence-electron chi connectivity index (χ4n) is 2.86. The summed E-state index contributed by atoms with van der Waals surface area (Å²) in [5.41, 5.74) is 7.47. The van der Waals surface area contributed by atoms with E-state index in [0.29, 0.717) is 12.1 Å². The summed E-state index contributed by atoms with van der Waals surface area (Å²) in [6.45, 7) is 1.96. The molecule has 0 aromatic heterocycles. The van der Waals surface area contributed by atoms with Crippen molar-refractivity contribution in [2.45, 2.75) is 18.6 Å². The maximum atomic E-state index is 13.3. The zero-order valence-corrected chi connectivity index (χ0v) is 15.3. The second kappa shape index (κ2) is 7.64. The molecule has 1 aliphatic rings. The highest BCUT2D eigenvalue weighted by Gasteiger charge is 2.40. The number of benzene rings is 2. The largest absolute Gasteiger partial charge is 0.365 e. The van der Waals surface area contributed by atoms with Crippen molar-refractivity contribution in [2.75, 3.05) is 4.90 Å². The zero-order chi connectivity index (χ0) is 19.6. The van der Waals surface area contributed by atoms with E-state index in [1.165, 1.54) is 29.2 Å². The van der Waals surface area contributed by atoms with Crippen LogP contribution < -0.4 is 10.6 Å². The number of thioether (sulfide) groups is 1. The molecule has 5 nitrogen and oxygen atoms in total. The highest BCUT2D eigenvalue weighted by atomic mass is 32.2. The van der Waals surface area contributed by atoms with Crippen molar-refractivity contribution >= 4 is 29.3 Å². The Kier molecular flexibility index (Phi) is 5.28. The van der Waals surface area contributed by atoms with Crippen molar-refractivity contribution in [1.29, 1.82) is 5.26 Å². The molecular formula is C20H16FN3O2S. The van der Waals surface area contributed by atoms with E-state index in [4.69, 9.17) is 5.73 Å². The average molecular weight is 381 g/mol. The Morgan fingerprint density at radius 1 is 1.26 bits per heavy atom. The second-order valence-corrected chi connectivity index (χ2v) is 7.23. The van der Waals surface area contributed by atoms with Crippen LogP contribution in [0.4, 0.5) is 10.1 Å².